The molecular formula is C23H28F2N2O. The van der Waals surface area contributed by atoms with Gasteiger partial charge in [0, 0.05) is 31.4 Å². The number of fused-ring (bicyclic) bond motifs is 1. The summed E-state index contributed by atoms with van der Waals surface area (Å²) in [6, 6.07) is 14.6. The predicted octanol–water partition coefficient (Wildman–Crippen LogP) is 5.07. The maximum Gasteiger partial charge on any atom is 0.272 e. The number of benzene rings is 2. The number of hydrogen-bond donors (Lipinski definition) is 1. The third-order valence-electron chi connectivity index (χ3n) is 4.99. The molecule has 1 aliphatic rings. The monoisotopic (exact) mass is 386 g/mol. The quantitative estimate of drug-likeness (QED) is 0.685. The second-order valence-corrected chi connectivity index (χ2v) is 7.48. The molecule has 0 saturated carbocycles. The average Bonchev–Trinajstić information content (AvgIpc) is 2.66. The van der Waals surface area contributed by atoms with Crippen LogP contribution in [0.25, 0.3) is 0 Å². The summed E-state index contributed by atoms with van der Waals surface area (Å²) in [5.41, 5.74) is 5.93. The molecule has 2 aromatic carbocycles. The van der Waals surface area contributed by atoms with Gasteiger partial charge in [0.2, 0.25) is 0 Å². The van der Waals surface area contributed by atoms with E-state index >= 15 is 0 Å². The van der Waals surface area contributed by atoms with Crippen molar-refractivity contribution in [2.45, 2.75) is 45.8 Å². The molecule has 3 nitrogen and oxygen atoms in total. The highest BCUT2D eigenvalue weighted by atomic mass is 19.3. The minimum atomic E-state index is -2.45. The molecule has 0 aromatic heterocycles. The Balaban J connectivity index is 1.58. The zero-order valence-electron chi connectivity index (χ0n) is 16.6. The fourth-order valence-corrected chi connectivity index (χ4v) is 3.59. The second kappa shape index (κ2) is 9.20. The van der Waals surface area contributed by atoms with Gasteiger partial charge in [-0.3, -0.25) is 4.90 Å². The molecule has 1 aliphatic heterocycles. The van der Waals surface area contributed by atoms with Crippen molar-refractivity contribution in [3.8, 4) is 5.75 Å². The Bertz CT molecular complexity index is 805. The van der Waals surface area contributed by atoms with E-state index < -0.39 is 13.0 Å². The second-order valence-electron chi connectivity index (χ2n) is 7.48. The van der Waals surface area contributed by atoms with Crippen LogP contribution in [0.4, 0.5) is 8.78 Å². The summed E-state index contributed by atoms with van der Waals surface area (Å²) in [7, 11) is 0. The molecular weight excluding hydrogens is 358 g/mol. The number of rotatable bonds is 8. The van der Waals surface area contributed by atoms with E-state index in [1.807, 2.05) is 19.1 Å². The Labute approximate surface area is 166 Å². The summed E-state index contributed by atoms with van der Waals surface area (Å²) in [5, 5.41) is 3.33. The first-order valence-electron chi connectivity index (χ1n) is 9.66. The van der Waals surface area contributed by atoms with Crippen molar-refractivity contribution in [3.63, 3.8) is 0 Å². The molecule has 1 N–H and O–H groups in total. The molecule has 5 heteroatoms. The smallest absolute Gasteiger partial charge is 0.272 e. The van der Waals surface area contributed by atoms with E-state index in [1.165, 1.54) is 22.3 Å². The van der Waals surface area contributed by atoms with Gasteiger partial charge in [-0.25, -0.2) is 8.78 Å². The Morgan fingerprint density at radius 1 is 1.18 bits per heavy atom. The fourth-order valence-electron chi connectivity index (χ4n) is 3.59. The van der Waals surface area contributed by atoms with Gasteiger partial charge in [-0.05, 0) is 54.7 Å². The van der Waals surface area contributed by atoms with Gasteiger partial charge in [-0.15, -0.1) is 0 Å². The van der Waals surface area contributed by atoms with Crippen LogP contribution in [0, 0.1) is 0 Å². The van der Waals surface area contributed by atoms with Crippen LogP contribution in [0.15, 0.2) is 54.7 Å². The number of alkyl halides is 2. The van der Waals surface area contributed by atoms with Crippen LogP contribution in [0.5, 0.6) is 5.75 Å². The average molecular weight is 386 g/mol. The van der Waals surface area contributed by atoms with E-state index in [0.29, 0.717) is 5.75 Å². The lowest BCUT2D eigenvalue weighted by Crippen LogP contribution is -2.30. The first-order chi connectivity index (χ1) is 13.4. The highest BCUT2D eigenvalue weighted by Gasteiger charge is 2.17. The lowest BCUT2D eigenvalue weighted by Gasteiger charge is -2.29. The van der Waals surface area contributed by atoms with Crippen LogP contribution in [-0.2, 0) is 19.5 Å². The predicted molar refractivity (Wildman–Crippen MR) is 109 cm³/mol. The molecule has 1 atom stereocenters. The van der Waals surface area contributed by atoms with Crippen molar-refractivity contribution in [3.05, 3.63) is 77.0 Å². The molecule has 0 spiro atoms. The van der Waals surface area contributed by atoms with Crippen LogP contribution in [0.3, 0.4) is 0 Å². The third-order valence-corrected chi connectivity index (χ3v) is 4.99. The molecule has 1 heterocycles. The van der Waals surface area contributed by atoms with Gasteiger partial charge in [-0.1, -0.05) is 36.9 Å². The maximum absolute atomic E-state index is 12.3. The molecule has 0 saturated heterocycles. The molecule has 0 radical (unpaired) electrons. The largest absolute Gasteiger partial charge is 0.488 e. The lowest BCUT2D eigenvalue weighted by molar-refractivity contribution is 0.0818. The van der Waals surface area contributed by atoms with Crippen LogP contribution in [-0.4, -0.2) is 24.5 Å². The SMILES string of the molecule is C=C(C)NC(C)c1ccc(CN2CCc3cc(OCC(F)F)ccc3C2)cc1. The first kappa shape index (κ1) is 20.3. The molecule has 150 valence electrons. The molecule has 3 rings (SSSR count). The number of halogens is 2. The van der Waals surface area contributed by atoms with E-state index in [1.54, 1.807) is 6.07 Å². The summed E-state index contributed by atoms with van der Waals surface area (Å²) in [5.74, 6) is 0.528. The lowest BCUT2D eigenvalue weighted by atomic mass is 9.98. The van der Waals surface area contributed by atoms with Crippen molar-refractivity contribution in [1.82, 2.24) is 10.2 Å². The standard InChI is InChI=1S/C23H28F2N2O/c1-16(2)26-17(3)19-6-4-18(5-7-19)13-27-11-10-20-12-22(28-15-23(24)25)9-8-21(20)14-27/h4-9,12,17,23,26H,1,10-11,13-15H2,2-3H3. The van der Waals surface area contributed by atoms with Crippen LogP contribution in [0.1, 0.15) is 42.1 Å². The minimum Gasteiger partial charge on any atom is -0.488 e. The van der Waals surface area contributed by atoms with E-state index in [0.717, 1.165) is 31.8 Å². The van der Waals surface area contributed by atoms with Crippen molar-refractivity contribution in [1.29, 1.82) is 0 Å². The molecule has 0 fully saturated rings. The Hall–Kier alpha value is -2.40. The summed E-state index contributed by atoms with van der Waals surface area (Å²) in [6.07, 6.45) is -1.55. The Kier molecular flexibility index (Phi) is 6.68. The highest BCUT2D eigenvalue weighted by molar-refractivity contribution is 5.37. The Morgan fingerprint density at radius 2 is 1.93 bits per heavy atom. The van der Waals surface area contributed by atoms with E-state index in [4.69, 9.17) is 4.74 Å². The van der Waals surface area contributed by atoms with Crippen molar-refractivity contribution >= 4 is 0 Å². The zero-order valence-corrected chi connectivity index (χ0v) is 16.6. The maximum atomic E-state index is 12.3. The number of nitrogens with zero attached hydrogens (tertiary/aromatic N) is 1. The summed E-state index contributed by atoms with van der Waals surface area (Å²) in [6.45, 7) is 10.1. The number of ether oxygens (including phenoxy) is 1. The van der Waals surface area contributed by atoms with Gasteiger partial charge in [0.15, 0.2) is 0 Å². The van der Waals surface area contributed by atoms with Crippen LogP contribution in [0.2, 0.25) is 0 Å². The molecule has 1 unspecified atom stereocenters. The summed E-state index contributed by atoms with van der Waals surface area (Å²) in [4.78, 5) is 2.41. The summed E-state index contributed by atoms with van der Waals surface area (Å²) < 4.78 is 29.7. The fraction of sp³-hybridized carbons (Fsp3) is 0.391. The number of allylic oxidation sites excluding steroid dienone is 1. The molecule has 0 amide bonds. The van der Waals surface area contributed by atoms with Crippen LogP contribution >= 0.6 is 0 Å². The van der Waals surface area contributed by atoms with Gasteiger partial charge in [0.05, 0.1) is 0 Å². The minimum absolute atomic E-state index is 0.245. The molecule has 2 aromatic rings. The van der Waals surface area contributed by atoms with Gasteiger partial charge in [0.1, 0.15) is 12.4 Å². The molecule has 0 aliphatic carbocycles. The zero-order chi connectivity index (χ0) is 20.1. The van der Waals surface area contributed by atoms with E-state index in [9.17, 15) is 8.78 Å². The summed E-state index contributed by atoms with van der Waals surface area (Å²) >= 11 is 0. The van der Waals surface area contributed by atoms with Gasteiger partial charge in [0.25, 0.3) is 6.43 Å². The van der Waals surface area contributed by atoms with Crippen molar-refractivity contribution in [2.24, 2.45) is 0 Å². The Morgan fingerprint density at radius 3 is 2.61 bits per heavy atom. The van der Waals surface area contributed by atoms with E-state index in [2.05, 4.69) is 48.0 Å². The van der Waals surface area contributed by atoms with E-state index in [-0.39, 0.29) is 6.04 Å². The van der Waals surface area contributed by atoms with Gasteiger partial charge < -0.3 is 10.1 Å². The molecule has 0 bridgehead atoms. The third kappa shape index (κ3) is 5.55. The molecule has 28 heavy (non-hydrogen) atoms. The van der Waals surface area contributed by atoms with Gasteiger partial charge in [-0.2, -0.15) is 0 Å². The number of nitrogens with one attached hydrogen (secondary N) is 1. The van der Waals surface area contributed by atoms with Gasteiger partial charge >= 0.3 is 0 Å². The topological polar surface area (TPSA) is 24.5 Å². The first-order valence-corrected chi connectivity index (χ1v) is 9.66. The normalized spacial score (nSPS) is 15.2. The van der Waals surface area contributed by atoms with Crippen molar-refractivity contribution < 1.29 is 13.5 Å². The number of hydrogen-bond acceptors (Lipinski definition) is 3. The van der Waals surface area contributed by atoms with Crippen molar-refractivity contribution in [2.75, 3.05) is 13.2 Å². The van der Waals surface area contributed by atoms with Crippen LogP contribution < -0.4 is 10.1 Å². The highest BCUT2D eigenvalue weighted by Crippen LogP contribution is 2.25.